The van der Waals surface area contributed by atoms with Gasteiger partial charge in [-0.2, -0.15) is 0 Å². The number of hydrogen-bond donors (Lipinski definition) is 1. The first-order valence-electron chi connectivity index (χ1n) is 10.2. The van der Waals surface area contributed by atoms with E-state index < -0.39 is 0 Å². The van der Waals surface area contributed by atoms with Crippen LogP contribution in [-0.4, -0.2) is 41.2 Å². The molecule has 29 heavy (non-hydrogen) atoms. The van der Waals surface area contributed by atoms with Gasteiger partial charge in [0, 0.05) is 48.4 Å². The Kier molecular flexibility index (Phi) is 5.41. The fourth-order valence-corrected chi connectivity index (χ4v) is 4.21. The first-order valence-corrected chi connectivity index (χ1v) is 10.2. The molecule has 1 fully saturated rings. The fraction of sp³-hybridized carbons (Fsp3) is 0.500. The number of aryl methyl sites for hydroxylation is 1. The van der Waals surface area contributed by atoms with Crippen molar-refractivity contribution in [3.8, 4) is 5.75 Å². The van der Waals surface area contributed by atoms with Gasteiger partial charge in [-0.05, 0) is 38.1 Å². The van der Waals surface area contributed by atoms with E-state index >= 15 is 0 Å². The Balaban J connectivity index is 1.72. The van der Waals surface area contributed by atoms with Crippen molar-refractivity contribution in [2.45, 2.75) is 52.3 Å². The molecule has 1 N–H and O–H groups in total. The highest BCUT2D eigenvalue weighted by molar-refractivity contribution is 5.94. The third-order valence-corrected chi connectivity index (χ3v) is 5.90. The molecule has 0 saturated carbocycles. The first kappa shape index (κ1) is 19.6. The van der Waals surface area contributed by atoms with Gasteiger partial charge in [-0.15, -0.1) is 0 Å². The van der Waals surface area contributed by atoms with Crippen LogP contribution >= 0.6 is 0 Å². The van der Waals surface area contributed by atoms with Crippen LogP contribution in [0.4, 0.5) is 11.6 Å². The van der Waals surface area contributed by atoms with Gasteiger partial charge in [0.15, 0.2) is 0 Å². The number of ether oxygens (including phenoxy) is 2. The smallest absolute Gasteiger partial charge is 0.224 e. The average Bonchev–Trinajstić information content (AvgIpc) is 3.19. The number of amides is 1. The van der Waals surface area contributed by atoms with E-state index in [4.69, 9.17) is 9.47 Å². The number of carbonyl (C=O) groups excluding carboxylic acids is 1. The second kappa shape index (κ2) is 7.99. The normalized spacial score (nSPS) is 26.1. The molecule has 7 nitrogen and oxygen atoms in total. The molecule has 2 aliphatic heterocycles. The Hall–Kier alpha value is -2.67. The van der Waals surface area contributed by atoms with E-state index in [1.165, 1.54) is 0 Å². The van der Waals surface area contributed by atoms with Crippen LogP contribution < -0.4 is 15.0 Å². The standard InChI is InChI=1S/C22H28N4O3/c1-13-7-9-23-22(24-13)25-21-14(2)15(3)26(16(4)27)20-6-5-17(11-19(20)21)29-18-8-10-28-12-18/h5-7,9,11,14-15,18,21H,8,10,12H2,1-4H3,(H,23,24,25)/t14-,15-,18?,21+/m0/s1. The predicted molar refractivity (Wildman–Crippen MR) is 111 cm³/mol. The number of benzene rings is 1. The fourth-order valence-electron chi connectivity index (χ4n) is 4.21. The Bertz CT molecular complexity index is 897. The van der Waals surface area contributed by atoms with Crippen LogP contribution in [0.15, 0.2) is 30.5 Å². The minimum Gasteiger partial charge on any atom is -0.488 e. The van der Waals surface area contributed by atoms with Gasteiger partial charge in [-0.3, -0.25) is 4.79 Å². The summed E-state index contributed by atoms with van der Waals surface area (Å²) in [5.74, 6) is 1.57. The molecular weight excluding hydrogens is 368 g/mol. The molecule has 7 heteroatoms. The lowest BCUT2D eigenvalue weighted by atomic mass is 9.82. The molecular formula is C22H28N4O3. The number of aromatic nitrogens is 2. The molecule has 1 amide bonds. The molecule has 0 bridgehead atoms. The molecule has 1 saturated heterocycles. The van der Waals surface area contributed by atoms with Crippen molar-refractivity contribution in [3.63, 3.8) is 0 Å². The number of rotatable bonds is 4. The van der Waals surface area contributed by atoms with E-state index in [1.807, 2.05) is 36.1 Å². The molecule has 3 heterocycles. The van der Waals surface area contributed by atoms with Crippen LogP contribution in [0.3, 0.4) is 0 Å². The van der Waals surface area contributed by atoms with Crippen LogP contribution in [-0.2, 0) is 9.53 Å². The zero-order chi connectivity index (χ0) is 20.5. The number of nitrogens with zero attached hydrogens (tertiary/aromatic N) is 3. The van der Waals surface area contributed by atoms with Gasteiger partial charge in [-0.1, -0.05) is 6.92 Å². The zero-order valence-corrected chi connectivity index (χ0v) is 17.4. The molecule has 1 aromatic carbocycles. The van der Waals surface area contributed by atoms with Crippen LogP contribution in [0.2, 0.25) is 0 Å². The Morgan fingerprint density at radius 1 is 1.31 bits per heavy atom. The molecule has 0 spiro atoms. The second-order valence-electron chi connectivity index (χ2n) is 7.96. The number of carbonyl (C=O) groups is 1. The Labute approximate surface area is 171 Å². The lowest BCUT2D eigenvalue weighted by molar-refractivity contribution is -0.117. The number of fused-ring (bicyclic) bond motifs is 1. The third-order valence-electron chi connectivity index (χ3n) is 5.90. The van der Waals surface area contributed by atoms with Gasteiger partial charge in [0.1, 0.15) is 11.9 Å². The summed E-state index contributed by atoms with van der Waals surface area (Å²) in [5.41, 5.74) is 2.83. The van der Waals surface area contributed by atoms with Gasteiger partial charge in [0.05, 0.1) is 19.3 Å². The van der Waals surface area contributed by atoms with Crippen LogP contribution in [0.1, 0.15) is 44.5 Å². The molecule has 4 atom stereocenters. The summed E-state index contributed by atoms with van der Waals surface area (Å²) >= 11 is 0. The van der Waals surface area contributed by atoms with Gasteiger partial charge in [-0.25, -0.2) is 9.97 Å². The summed E-state index contributed by atoms with van der Waals surface area (Å²) in [6, 6.07) is 7.84. The molecule has 0 aliphatic carbocycles. The Morgan fingerprint density at radius 3 is 2.83 bits per heavy atom. The monoisotopic (exact) mass is 396 g/mol. The highest BCUT2D eigenvalue weighted by Crippen LogP contribution is 2.43. The van der Waals surface area contributed by atoms with E-state index in [-0.39, 0.29) is 30.0 Å². The highest BCUT2D eigenvalue weighted by atomic mass is 16.5. The van der Waals surface area contributed by atoms with Crippen molar-refractivity contribution < 1.29 is 14.3 Å². The van der Waals surface area contributed by atoms with Crippen LogP contribution in [0.25, 0.3) is 0 Å². The van der Waals surface area contributed by atoms with Crippen molar-refractivity contribution in [2.75, 3.05) is 23.4 Å². The van der Waals surface area contributed by atoms with E-state index in [1.54, 1.807) is 13.1 Å². The topological polar surface area (TPSA) is 76.6 Å². The summed E-state index contributed by atoms with van der Waals surface area (Å²) < 4.78 is 11.6. The lowest BCUT2D eigenvalue weighted by Gasteiger charge is -2.44. The van der Waals surface area contributed by atoms with Crippen LogP contribution in [0.5, 0.6) is 5.75 Å². The number of nitrogens with one attached hydrogen (secondary N) is 1. The van der Waals surface area contributed by atoms with Crippen molar-refractivity contribution in [3.05, 3.63) is 41.7 Å². The van der Waals surface area contributed by atoms with Crippen molar-refractivity contribution >= 4 is 17.5 Å². The van der Waals surface area contributed by atoms with E-state index in [0.717, 1.165) is 35.7 Å². The van der Waals surface area contributed by atoms with Crippen molar-refractivity contribution in [1.82, 2.24) is 9.97 Å². The minimum atomic E-state index is -0.0409. The second-order valence-corrected chi connectivity index (χ2v) is 7.96. The zero-order valence-electron chi connectivity index (χ0n) is 17.4. The first-order chi connectivity index (χ1) is 13.9. The molecule has 154 valence electrons. The van der Waals surface area contributed by atoms with Gasteiger partial charge in [0.2, 0.25) is 11.9 Å². The van der Waals surface area contributed by atoms with Crippen LogP contribution in [0, 0.1) is 12.8 Å². The maximum absolute atomic E-state index is 12.4. The summed E-state index contributed by atoms with van der Waals surface area (Å²) in [4.78, 5) is 23.2. The third kappa shape index (κ3) is 3.92. The van der Waals surface area contributed by atoms with Crippen molar-refractivity contribution in [1.29, 1.82) is 0 Å². The summed E-state index contributed by atoms with van der Waals surface area (Å²) in [6.45, 7) is 9.14. The number of hydrogen-bond acceptors (Lipinski definition) is 6. The van der Waals surface area contributed by atoms with E-state index in [0.29, 0.717) is 12.6 Å². The molecule has 0 radical (unpaired) electrons. The summed E-state index contributed by atoms with van der Waals surface area (Å²) in [6.07, 6.45) is 2.72. The Morgan fingerprint density at radius 2 is 2.14 bits per heavy atom. The quantitative estimate of drug-likeness (QED) is 0.852. The molecule has 1 unspecified atom stereocenters. The van der Waals surface area contributed by atoms with E-state index in [9.17, 15) is 4.79 Å². The molecule has 2 aromatic rings. The molecule has 2 aliphatic rings. The lowest BCUT2D eigenvalue weighted by Crippen LogP contribution is -2.48. The maximum atomic E-state index is 12.4. The van der Waals surface area contributed by atoms with Gasteiger partial charge in [0.25, 0.3) is 0 Å². The van der Waals surface area contributed by atoms with E-state index in [2.05, 4.69) is 29.1 Å². The van der Waals surface area contributed by atoms with Gasteiger partial charge < -0.3 is 19.7 Å². The molecule has 4 rings (SSSR count). The molecule has 1 aromatic heterocycles. The number of anilines is 2. The largest absolute Gasteiger partial charge is 0.488 e. The summed E-state index contributed by atoms with van der Waals surface area (Å²) in [5, 5.41) is 3.50. The predicted octanol–water partition coefficient (Wildman–Crippen LogP) is 3.50. The highest BCUT2D eigenvalue weighted by Gasteiger charge is 2.38. The minimum absolute atomic E-state index is 0.0358. The summed E-state index contributed by atoms with van der Waals surface area (Å²) in [7, 11) is 0. The maximum Gasteiger partial charge on any atom is 0.224 e. The van der Waals surface area contributed by atoms with Crippen molar-refractivity contribution in [2.24, 2.45) is 5.92 Å². The SMILES string of the molecule is CC(=O)N1c2ccc(OC3CCOC3)cc2[C@H](Nc2nccc(C)n2)[C@@H](C)[C@@H]1C. The van der Waals surface area contributed by atoms with Gasteiger partial charge >= 0.3 is 0 Å². The average molecular weight is 396 g/mol.